The number of nitrogens with zero attached hydrogens (tertiary/aromatic N) is 1. The number of nitrogen functional groups attached to an aromatic ring is 1. The van der Waals surface area contributed by atoms with E-state index in [0.29, 0.717) is 22.3 Å². The van der Waals surface area contributed by atoms with E-state index in [1.54, 1.807) is 24.4 Å². The number of hydrogen-bond donors (Lipinski definition) is 1. The van der Waals surface area contributed by atoms with Crippen LogP contribution in [0.3, 0.4) is 0 Å². The molecule has 0 unspecified atom stereocenters. The number of aromatic nitrogens is 1. The van der Waals surface area contributed by atoms with Crippen molar-refractivity contribution in [2.75, 3.05) is 5.73 Å². The molecule has 6 heteroatoms. The molecular weight excluding hydrogens is 342 g/mol. The predicted molar refractivity (Wildman–Crippen MR) is 80.3 cm³/mol. The van der Waals surface area contributed by atoms with Gasteiger partial charge in [-0.2, -0.15) is 4.39 Å². The molecule has 0 spiro atoms. The van der Waals surface area contributed by atoms with Crippen molar-refractivity contribution < 1.29 is 13.5 Å². The fourth-order valence-electron chi connectivity index (χ4n) is 1.95. The van der Waals surface area contributed by atoms with E-state index >= 15 is 0 Å². The highest BCUT2D eigenvalue weighted by atomic mass is 79.9. The van der Waals surface area contributed by atoms with Gasteiger partial charge in [-0.1, -0.05) is 6.07 Å². The van der Waals surface area contributed by atoms with E-state index in [4.69, 9.17) is 10.5 Å². The van der Waals surface area contributed by atoms with E-state index in [1.165, 1.54) is 12.1 Å². The van der Waals surface area contributed by atoms with E-state index in [2.05, 4.69) is 20.9 Å². The highest BCUT2D eigenvalue weighted by Gasteiger charge is 2.13. The van der Waals surface area contributed by atoms with Gasteiger partial charge in [-0.15, -0.1) is 0 Å². The summed E-state index contributed by atoms with van der Waals surface area (Å²) in [6.45, 7) is 0. The normalized spacial score (nSPS) is 10.8. The Morgan fingerprint density at radius 2 is 1.90 bits per heavy atom. The van der Waals surface area contributed by atoms with Gasteiger partial charge in [0.25, 0.3) is 0 Å². The largest absolute Gasteiger partial charge is 0.452 e. The molecule has 0 saturated heterocycles. The fraction of sp³-hybridized carbons (Fsp3) is 0. The van der Waals surface area contributed by atoms with Crippen LogP contribution in [-0.4, -0.2) is 4.98 Å². The van der Waals surface area contributed by atoms with Crippen LogP contribution in [0.25, 0.3) is 10.9 Å². The summed E-state index contributed by atoms with van der Waals surface area (Å²) >= 11 is 3.31. The SMILES string of the molecule is Nc1ccc(Oc2cccc(F)c2F)c2ncc(Br)cc12. The number of anilines is 1. The first-order valence-corrected chi connectivity index (χ1v) is 6.81. The van der Waals surface area contributed by atoms with Gasteiger partial charge in [0.05, 0.1) is 0 Å². The third kappa shape index (κ3) is 2.54. The molecule has 0 radical (unpaired) electrons. The number of benzene rings is 2. The molecule has 0 atom stereocenters. The minimum absolute atomic E-state index is 0.203. The number of nitrogens with two attached hydrogens (primary N) is 1. The number of pyridine rings is 1. The lowest BCUT2D eigenvalue weighted by Crippen LogP contribution is -1.95. The summed E-state index contributed by atoms with van der Waals surface area (Å²) in [4.78, 5) is 4.22. The number of halogens is 3. The van der Waals surface area contributed by atoms with Gasteiger partial charge in [0.15, 0.2) is 17.3 Å². The second-order valence-electron chi connectivity index (χ2n) is 4.36. The minimum atomic E-state index is -1.04. The van der Waals surface area contributed by atoms with Crippen LogP contribution >= 0.6 is 15.9 Å². The lowest BCUT2D eigenvalue weighted by atomic mass is 10.1. The zero-order chi connectivity index (χ0) is 15.0. The molecule has 0 aliphatic carbocycles. The highest BCUT2D eigenvalue weighted by Crippen LogP contribution is 2.34. The van der Waals surface area contributed by atoms with Crippen molar-refractivity contribution in [2.45, 2.75) is 0 Å². The Morgan fingerprint density at radius 1 is 1.10 bits per heavy atom. The Balaban J connectivity index is 2.13. The summed E-state index contributed by atoms with van der Waals surface area (Å²) in [7, 11) is 0. The smallest absolute Gasteiger partial charge is 0.201 e. The summed E-state index contributed by atoms with van der Waals surface area (Å²) in [6, 6.07) is 8.73. The van der Waals surface area contributed by atoms with Crippen LogP contribution in [0.4, 0.5) is 14.5 Å². The van der Waals surface area contributed by atoms with Gasteiger partial charge < -0.3 is 10.5 Å². The van der Waals surface area contributed by atoms with Crippen LogP contribution in [0.5, 0.6) is 11.5 Å². The van der Waals surface area contributed by atoms with Gasteiger partial charge in [-0.3, -0.25) is 4.98 Å². The number of ether oxygens (including phenoxy) is 1. The lowest BCUT2D eigenvalue weighted by molar-refractivity contribution is 0.418. The topological polar surface area (TPSA) is 48.1 Å². The van der Waals surface area contributed by atoms with Gasteiger partial charge >= 0.3 is 0 Å². The molecule has 2 N–H and O–H groups in total. The molecule has 0 fully saturated rings. The average molecular weight is 351 g/mol. The number of fused-ring (bicyclic) bond motifs is 1. The molecule has 0 bridgehead atoms. The van der Waals surface area contributed by atoms with Crippen LogP contribution in [-0.2, 0) is 0 Å². The second-order valence-corrected chi connectivity index (χ2v) is 5.27. The average Bonchev–Trinajstić information content (AvgIpc) is 2.47. The molecule has 0 saturated carbocycles. The Morgan fingerprint density at radius 3 is 2.71 bits per heavy atom. The standard InChI is InChI=1S/C15H9BrF2N2O/c16-8-6-9-11(19)4-5-13(15(9)20-7-8)21-12-3-1-2-10(17)14(12)18/h1-7H,19H2. The molecule has 3 aromatic rings. The van der Waals surface area contributed by atoms with Gasteiger partial charge in [0.1, 0.15) is 5.52 Å². The van der Waals surface area contributed by atoms with E-state index in [-0.39, 0.29) is 5.75 Å². The Labute approximate surface area is 127 Å². The van der Waals surface area contributed by atoms with Crippen molar-refractivity contribution in [2.24, 2.45) is 0 Å². The zero-order valence-electron chi connectivity index (χ0n) is 10.6. The Bertz CT molecular complexity index is 839. The van der Waals surface area contributed by atoms with Gasteiger partial charge in [-0.25, -0.2) is 4.39 Å². The van der Waals surface area contributed by atoms with E-state index in [0.717, 1.165) is 10.5 Å². The maximum atomic E-state index is 13.7. The molecular formula is C15H9BrF2N2O. The van der Waals surface area contributed by atoms with Crippen molar-refractivity contribution in [3.05, 3.63) is 58.7 Å². The molecule has 1 aromatic heterocycles. The van der Waals surface area contributed by atoms with E-state index in [1.807, 2.05) is 0 Å². The first-order chi connectivity index (χ1) is 10.1. The maximum Gasteiger partial charge on any atom is 0.201 e. The molecule has 0 aliphatic heterocycles. The number of rotatable bonds is 2. The molecule has 0 aliphatic rings. The van der Waals surface area contributed by atoms with Crippen molar-refractivity contribution >= 4 is 32.5 Å². The van der Waals surface area contributed by atoms with Crippen LogP contribution in [0, 0.1) is 11.6 Å². The summed E-state index contributed by atoms with van der Waals surface area (Å²) in [5, 5.41) is 0.665. The minimum Gasteiger partial charge on any atom is -0.452 e. The lowest BCUT2D eigenvalue weighted by Gasteiger charge is -2.11. The zero-order valence-corrected chi connectivity index (χ0v) is 12.2. The highest BCUT2D eigenvalue weighted by molar-refractivity contribution is 9.10. The Kier molecular flexibility index (Phi) is 3.47. The van der Waals surface area contributed by atoms with Gasteiger partial charge in [-0.05, 0) is 46.3 Å². The number of hydrogen-bond acceptors (Lipinski definition) is 3. The van der Waals surface area contributed by atoms with E-state index in [9.17, 15) is 8.78 Å². The second kappa shape index (κ2) is 5.29. The summed E-state index contributed by atoms with van der Waals surface area (Å²) < 4.78 is 33.1. The molecule has 3 rings (SSSR count). The van der Waals surface area contributed by atoms with Crippen LogP contribution in [0.1, 0.15) is 0 Å². The predicted octanol–water partition coefficient (Wildman–Crippen LogP) is 4.65. The quantitative estimate of drug-likeness (QED) is 0.684. The molecule has 106 valence electrons. The first kappa shape index (κ1) is 13.8. The molecule has 1 heterocycles. The molecule has 3 nitrogen and oxygen atoms in total. The van der Waals surface area contributed by atoms with Crippen LogP contribution in [0.15, 0.2) is 47.1 Å². The van der Waals surface area contributed by atoms with Crippen molar-refractivity contribution in [3.63, 3.8) is 0 Å². The van der Waals surface area contributed by atoms with Crippen LogP contribution < -0.4 is 10.5 Å². The van der Waals surface area contributed by atoms with Crippen molar-refractivity contribution in [3.8, 4) is 11.5 Å². The van der Waals surface area contributed by atoms with Gasteiger partial charge in [0.2, 0.25) is 5.82 Å². The van der Waals surface area contributed by atoms with Crippen molar-refractivity contribution in [1.29, 1.82) is 0 Å². The first-order valence-electron chi connectivity index (χ1n) is 6.02. The van der Waals surface area contributed by atoms with Gasteiger partial charge in [0, 0.05) is 21.7 Å². The molecule has 2 aromatic carbocycles. The summed E-state index contributed by atoms with van der Waals surface area (Å²) in [6.07, 6.45) is 1.58. The summed E-state index contributed by atoms with van der Waals surface area (Å²) in [5.74, 6) is -1.91. The van der Waals surface area contributed by atoms with Crippen molar-refractivity contribution in [1.82, 2.24) is 4.98 Å². The monoisotopic (exact) mass is 350 g/mol. The van der Waals surface area contributed by atoms with Crippen LogP contribution in [0.2, 0.25) is 0 Å². The fourth-order valence-corrected chi connectivity index (χ4v) is 2.28. The Hall–Kier alpha value is -2.21. The molecule has 0 amide bonds. The third-order valence-electron chi connectivity index (χ3n) is 2.95. The maximum absolute atomic E-state index is 13.7. The van der Waals surface area contributed by atoms with E-state index < -0.39 is 11.6 Å². The molecule has 21 heavy (non-hydrogen) atoms. The third-order valence-corrected chi connectivity index (χ3v) is 3.38. The summed E-state index contributed by atoms with van der Waals surface area (Å²) in [5.41, 5.74) is 6.88.